The molecule has 1 N–H and O–H groups in total. The second-order valence-corrected chi connectivity index (χ2v) is 11.3. The van der Waals surface area contributed by atoms with Crippen LogP contribution in [0.2, 0.25) is 5.02 Å². The van der Waals surface area contributed by atoms with E-state index in [9.17, 15) is 14.4 Å². The SMILES string of the molecule is CC(=O)N1C(C(=O)NCc2ccc(C)cc2)C(c2ccc(Cl)cc2)C(C(=O)c2cccs2)C1c1ccccc1. The van der Waals surface area contributed by atoms with Crippen LogP contribution in [-0.4, -0.2) is 28.5 Å². The number of hydrogen-bond acceptors (Lipinski definition) is 4. The lowest BCUT2D eigenvalue weighted by molar-refractivity contribution is -0.139. The molecule has 2 heterocycles. The van der Waals surface area contributed by atoms with Crippen molar-refractivity contribution in [1.29, 1.82) is 0 Å². The van der Waals surface area contributed by atoms with E-state index in [0.717, 1.165) is 22.3 Å². The highest BCUT2D eigenvalue weighted by atomic mass is 35.5. The summed E-state index contributed by atoms with van der Waals surface area (Å²) < 4.78 is 0. The topological polar surface area (TPSA) is 66.5 Å². The zero-order valence-electron chi connectivity index (χ0n) is 21.7. The van der Waals surface area contributed by atoms with E-state index in [1.54, 1.807) is 23.1 Å². The van der Waals surface area contributed by atoms with Crippen molar-refractivity contribution in [3.05, 3.63) is 129 Å². The fourth-order valence-corrected chi connectivity index (χ4v) is 6.41. The molecule has 0 spiro atoms. The fourth-order valence-electron chi connectivity index (χ4n) is 5.57. The number of thiophene rings is 1. The van der Waals surface area contributed by atoms with Gasteiger partial charge in [0.15, 0.2) is 5.78 Å². The molecular weight excluding hydrogens is 528 g/mol. The predicted molar refractivity (Wildman–Crippen MR) is 155 cm³/mol. The number of nitrogens with one attached hydrogen (secondary N) is 1. The molecule has 4 unspecified atom stereocenters. The molecule has 1 saturated heterocycles. The summed E-state index contributed by atoms with van der Waals surface area (Å²) in [5, 5.41) is 5.48. The molecule has 3 aromatic carbocycles. The standard InChI is InChI=1S/C32H29ClN2O3S/c1-20-10-12-22(13-11-20)19-34-32(38)30-27(23-14-16-25(33)17-15-23)28(31(37)26-9-6-18-39-26)29(35(30)21(2)36)24-7-4-3-5-8-24/h3-18,27-30H,19H2,1-2H3,(H,34,38). The monoisotopic (exact) mass is 556 g/mol. The van der Waals surface area contributed by atoms with Gasteiger partial charge in [-0.25, -0.2) is 0 Å². The van der Waals surface area contributed by atoms with Gasteiger partial charge in [-0.2, -0.15) is 0 Å². The molecule has 4 atom stereocenters. The predicted octanol–water partition coefficient (Wildman–Crippen LogP) is 6.58. The van der Waals surface area contributed by atoms with Gasteiger partial charge in [-0.15, -0.1) is 11.3 Å². The summed E-state index contributed by atoms with van der Waals surface area (Å²) in [6.45, 7) is 3.79. The van der Waals surface area contributed by atoms with E-state index in [2.05, 4.69) is 5.32 Å². The van der Waals surface area contributed by atoms with Crippen LogP contribution in [0.4, 0.5) is 0 Å². The van der Waals surface area contributed by atoms with E-state index < -0.39 is 23.9 Å². The number of carbonyl (C=O) groups excluding carboxylic acids is 3. The minimum absolute atomic E-state index is 0.0844. The first-order valence-corrected chi connectivity index (χ1v) is 14.1. The molecule has 0 bridgehead atoms. The summed E-state index contributed by atoms with van der Waals surface area (Å²) >= 11 is 7.59. The number of Topliss-reactive ketones (excluding diaryl/α,β-unsaturated/α-hetero) is 1. The van der Waals surface area contributed by atoms with Crippen molar-refractivity contribution in [2.45, 2.75) is 38.4 Å². The van der Waals surface area contributed by atoms with Gasteiger partial charge in [0, 0.05) is 24.4 Å². The van der Waals surface area contributed by atoms with Crippen LogP contribution in [0, 0.1) is 12.8 Å². The number of carbonyl (C=O) groups is 3. The van der Waals surface area contributed by atoms with Gasteiger partial charge in [0.25, 0.3) is 0 Å². The van der Waals surface area contributed by atoms with Crippen molar-refractivity contribution in [1.82, 2.24) is 10.2 Å². The number of aryl methyl sites for hydroxylation is 1. The first-order valence-electron chi connectivity index (χ1n) is 12.9. The number of halogens is 1. The Morgan fingerprint density at radius 1 is 0.872 bits per heavy atom. The summed E-state index contributed by atoms with van der Waals surface area (Å²) in [4.78, 5) is 43.8. The molecule has 0 radical (unpaired) electrons. The molecule has 39 heavy (non-hydrogen) atoms. The molecule has 5 nitrogen and oxygen atoms in total. The van der Waals surface area contributed by atoms with Gasteiger partial charge in [0.05, 0.1) is 16.8 Å². The van der Waals surface area contributed by atoms with E-state index in [4.69, 9.17) is 11.6 Å². The Kier molecular flexibility index (Phi) is 7.96. The van der Waals surface area contributed by atoms with Crippen LogP contribution in [0.15, 0.2) is 96.4 Å². The number of likely N-dealkylation sites (tertiary alicyclic amines) is 1. The van der Waals surface area contributed by atoms with Crippen molar-refractivity contribution in [3.63, 3.8) is 0 Å². The maximum Gasteiger partial charge on any atom is 0.243 e. The number of hydrogen-bond donors (Lipinski definition) is 1. The largest absolute Gasteiger partial charge is 0.350 e. The first kappa shape index (κ1) is 26.9. The molecule has 1 fully saturated rings. The smallest absolute Gasteiger partial charge is 0.243 e. The fraction of sp³-hybridized carbons (Fsp3) is 0.219. The lowest BCUT2D eigenvalue weighted by Crippen LogP contribution is -2.47. The Bertz CT molecular complexity index is 1450. The molecule has 4 aromatic rings. The molecule has 2 amide bonds. The molecule has 1 aliphatic heterocycles. The molecule has 1 aromatic heterocycles. The van der Waals surface area contributed by atoms with Crippen molar-refractivity contribution < 1.29 is 14.4 Å². The number of nitrogens with zero attached hydrogens (tertiary/aromatic N) is 1. The van der Waals surface area contributed by atoms with Gasteiger partial charge in [-0.3, -0.25) is 14.4 Å². The van der Waals surface area contributed by atoms with Crippen LogP contribution in [0.5, 0.6) is 0 Å². The van der Waals surface area contributed by atoms with Crippen molar-refractivity contribution in [2.24, 2.45) is 5.92 Å². The second-order valence-electron chi connectivity index (χ2n) is 9.87. The van der Waals surface area contributed by atoms with Gasteiger partial charge in [-0.1, -0.05) is 90.0 Å². The Morgan fingerprint density at radius 3 is 2.18 bits per heavy atom. The van der Waals surface area contributed by atoms with Crippen LogP contribution >= 0.6 is 22.9 Å². The van der Waals surface area contributed by atoms with E-state index >= 15 is 0 Å². The van der Waals surface area contributed by atoms with Gasteiger partial charge in [-0.05, 0) is 47.2 Å². The maximum atomic E-state index is 14.2. The molecule has 198 valence electrons. The number of ketones is 1. The summed E-state index contributed by atoms with van der Waals surface area (Å²) in [7, 11) is 0. The van der Waals surface area contributed by atoms with E-state index in [0.29, 0.717) is 16.4 Å². The Morgan fingerprint density at radius 2 is 1.56 bits per heavy atom. The number of benzene rings is 3. The van der Waals surface area contributed by atoms with E-state index in [-0.39, 0.29) is 17.6 Å². The highest BCUT2D eigenvalue weighted by Gasteiger charge is 2.56. The molecule has 7 heteroatoms. The van der Waals surface area contributed by atoms with Gasteiger partial charge >= 0.3 is 0 Å². The maximum absolute atomic E-state index is 14.2. The molecule has 5 rings (SSSR count). The third kappa shape index (κ3) is 5.54. The average molecular weight is 557 g/mol. The number of rotatable bonds is 7. The van der Waals surface area contributed by atoms with E-state index in [1.165, 1.54) is 18.3 Å². The summed E-state index contributed by atoms with van der Waals surface area (Å²) in [6, 6.07) is 26.8. The van der Waals surface area contributed by atoms with Crippen molar-refractivity contribution in [3.8, 4) is 0 Å². The zero-order chi connectivity index (χ0) is 27.5. The average Bonchev–Trinajstić information content (AvgIpc) is 3.60. The lowest BCUT2D eigenvalue weighted by Gasteiger charge is -2.30. The second kappa shape index (κ2) is 11.6. The molecule has 0 aliphatic carbocycles. The Balaban J connectivity index is 1.63. The van der Waals surface area contributed by atoms with E-state index in [1.807, 2.05) is 85.1 Å². The third-order valence-corrected chi connectivity index (χ3v) is 8.49. The van der Waals surface area contributed by atoms with Crippen molar-refractivity contribution >= 4 is 40.5 Å². The van der Waals surface area contributed by atoms with Crippen LogP contribution in [0.3, 0.4) is 0 Å². The molecule has 0 saturated carbocycles. The van der Waals surface area contributed by atoms with Crippen molar-refractivity contribution in [2.75, 3.05) is 0 Å². The van der Waals surface area contributed by atoms with Gasteiger partial charge in [0.2, 0.25) is 11.8 Å². The normalized spacial score (nSPS) is 20.5. The lowest BCUT2D eigenvalue weighted by atomic mass is 9.77. The van der Waals surface area contributed by atoms with Gasteiger partial charge < -0.3 is 10.2 Å². The Labute approximate surface area is 237 Å². The zero-order valence-corrected chi connectivity index (χ0v) is 23.3. The minimum atomic E-state index is -0.895. The molecule has 1 aliphatic rings. The Hall–Kier alpha value is -3.74. The molecular formula is C32H29ClN2O3S. The minimum Gasteiger partial charge on any atom is -0.350 e. The first-order chi connectivity index (χ1) is 18.8. The van der Waals surface area contributed by atoms with Gasteiger partial charge in [0.1, 0.15) is 6.04 Å². The summed E-state index contributed by atoms with van der Waals surface area (Å²) in [5.74, 6) is -1.90. The highest BCUT2D eigenvalue weighted by molar-refractivity contribution is 7.12. The summed E-state index contributed by atoms with van der Waals surface area (Å²) in [5.41, 5.74) is 3.69. The highest BCUT2D eigenvalue weighted by Crippen LogP contribution is 2.51. The summed E-state index contributed by atoms with van der Waals surface area (Å²) in [6.07, 6.45) is 0. The number of amides is 2. The van der Waals surface area contributed by atoms with Crippen LogP contribution in [-0.2, 0) is 16.1 Å². The van der Waals surface area contributed by atoms with Crippen LogP contribution in [0.25, 0.3) is 0 Å². The quantitative estimate of drug-likeness (QED) is 0.261. The van der Waals surface area contributed by atoms with Crippen LogP contribution in [0.1, 0.15) is 50.8 Å². The third-order valence-electron chi connectivity index (χ3n) is 7.35. The van der Waals surface area contributed by atoms with Crippen LogP contribution < -0.4 is 5.32 Å².